The maximum atomic E-state index is 12.2. The van der Waals surface area contributed by atoms with Gasteiger partial charge in [-0.15, -0.1) is 0 Å². The van der Waals surface area contributed by atoms with Crippen molar-refractivity contribution in [3.63, 3.8) is 0 Å². The molecule has 5 heteroatoms. The van der Waals surface area contributed by atoms with Gasteiger partial charge in [-0.05, 0) is 56.3 Å². The quantitative estimate of drug-likeness (QED) is 0.819. The molecule has 3 N–H and O–H groups in total. The Morgan fingerprint density at radius 2 is 1.77 bits per heavy atom. The van der Waals surface area contributed by atoms with Crippen LogP contribution in [0.3, 0.4) is 0 Å². The Balaban J connectivity index is 2.10. The molecule has 0 fully saturated rings. The molecular formula is C17H20ClN3O. The van der Waals surface area contributed by atoms with E-state index >= 15 is 0 Å². The van der Waals surface area contributed by atoms with Crippen molar-refractivity contribution in [1.82, 2.24) is 0 Å². The highest BCUT2D eigenvalue weighted by molar-refractivity contribution is 6.33. The molecule has 0 heterocycles. The van der Waals surface area contributed by atoms with Crippen LogP contribution in [0.2, 0.25) is 5.02 Å². The summed E-state index contributed by atoms with van der Waals surface area (Å²) in [7, 11) is 0. The van der Waals surface area contributed by atoms with E-state index in [4.69, 9.17) is 17.3 Å². The average molecular weight is 318 g/mol. The average Bonchev–Trinajstić information content (AvgIpc) is 2.52. The van der Waals surface area contributed by atoms with E-state index in [-0.39, 0.29) is 5.91 Å². The molecule has 4 nitrogen and oxygen atoms in total. The van der Waals surface area contributed by atoms with Crippen molar-refractivity contribution in [3.8, 4) is 0 Å². The molecule has 116 valence electrons. The van der Waals surface area contributed by atoms with E-state index in [1.165, 1.54) is 0 Å². The van der Waals surface area contributed by atoms with Crippen molar-refractivity contribution in [2.24, 2.45) is 0 Å². The highest BCUT2D eigenvalue weighted by atomic mass is 35.5. The van der Waals surface area contributed by atoms with E-state index < -0.39 is 0 Å². The molecule has 22 heavy (non-hydrogen) atoms. The van der Waals surface area contributed by atoms with Gasteiger partial charge in [0.25, 0.3) is 5.91 Å². The summed E-state index contributed by atoms with van der Waals surface area (Å²) >= 11 is 5.86. The molecule has 0 aliphatic heterocycles. The fourth-order valence-electron chi connectivity index (χ4n) is 2.23. The summed E-state index contributed by atoms with van der Waals surface area (Å²) in [5.41, 5.74) is 8.48. The number of halogens is 1. The molecule has 0 spiro atoms. The lowest BCUT2D eigenvalue weighted by Crippen LogP contribution is -2.21. The number of anilines is 3. The lowest BCUT2D eigenvalue weighted by molar-refractivity contribution is 0.102. The summed E-state index contributed by atoms with van der Waals surface area (Å²) in [5, 5.41) is 3.30. The van der Waals surface area contributed by atoms with Crippen LogP contribution in [-0.4, -0.2) is 19.0 Å². The van der Waals surface area contributed by atoms with Gasteiger partial charge in [-0.3, -0.25) is 4.79 Å². The number of rotatable bonds is 5. The Morgan fingerprint density at radius 3 is 2.32 bits per heavy atom. The third-order valence-electron chi connectivity index (χ3n) is 3.51. The summed E-state index contributed by atoms with van der Waals surface area (Å²) in [6.45, 7) is 6.13. The van der Waals surface area contributed by atoms with Crippen molar-refractivity contribution in [3.05, 3.63) is 53.1 Å². The minimum Gasteiger partial charge on any atom is -0.398 e. The Kier molecular flexibility index (Phi) is 5.28. The third kappa shape index (κ3) is 3.71. The second-order valence-electron chi connectivity index (χ2n) is 4.91. The lowest BCUT2D eigenvalue weighted by atomic mass is 10.2. The number of hydrogen-bond donors (Lipinski definition) is 2. The second-order valence-corrected chi connectivity index (χ2v) is 5.32. The van der Waals surface area contributed by atoms with Gasteiger partial charge in [0, 0.05) is 30.0 Å². The first-order valence-electron chi connectivity index (χ1n) is 7.26. The smallest absolute Gasteiger partial charge is 0.255 e. The van der Waals surface area contributed by atoms with Gasteiger partial charge < -0.3 is 16.0 Å². The monoisotopic (exact) mass is 317 g/mol. The van der Waals surface area contributed by atoms with Gasteiger partial charge in [0.1, 0.15) is 0 Å². The molecule has 0 unspecified atom stereocenters. The number of nitrogens with zero attached hydrogens (tertiary/aromatic N) is 1. The van der Waals surface area contributed by atoms with E-state index in [0.29, 0.717) is 16.3 Å². The normalized spacial score (nSPS) is 10.3. The molecule has 2 rings (SSSR count). The van der Waals surface area contributed by atoms with Gasteiger partial charge in [0.15, 0.2) is 0 Å². The molecule has 0 saturated heterocycles. The summed E-state index contributed by atoms with van der Waals surface area (Å²) in [6.07, 6.45) is 0. The Bertz CT molecular complexity index is 651. The van der Waals surface area contributed by atoms with Crippen LogP contribution in [0.4, 0.5) is 17.1 Å². The van der Waals surface area contributed by atoms with E-state index in [0.717, 1.165) is 24.5 Å². The zero-order valence-corrected chi connectivity index (χ0v) is 13.5. The van der Waals surface area contributed by atoms with Gasteiger partial charge in [0.2, 0.25) is 0 Å². The third-order valence-corrected chi connectivity index (χ3v) is 3.86. The largest absolute Gasteiger partial charge is 0.398 e. The standard InChI is InChI=1S/C17H20ClN3O/c1-3-21(4-2)14-8-6-13(7-9-14)20-17(22)12-5-10-15(18)16(19)11-12/h5-11H,3-4,19H2,1-2H3,(H,20,22). The highest BCUT2D eigenvalue weighted by Gasteiger charge is 2.08. The first-order chi connectivity index (χ1) is 10.5. The van der Waals surface area contributed by atoms with Crippen molar-refractivity contribution < 1.29 is 4.79 Å². The zero-order chi connectivity index (χ0) is 16.1. The first kappa shape index (κ1) is 16.2. The van der Waals surface area contributed by atoms with E-state index in [2.05, 4.69) is 24.1 Å². The molecule has 0 saturated carbocycles. The van der Waals surface area contributed by atoms with E-state index in [9.17, 15) is 4.79 Å². The molecule has 1 amide bonds. The number of nitrogens with one attached hydrogen (secondary N) is 1. The summed E-state index contributed by atoms with van der Waals surface area (Å²) in [5.74, 6) is -0.209. The van der Waals surface area contributed by atoms with Gasteiger partial charge in [-0.25, -0.2) is 0 Å². The molecule has 0 radical (unpaired) electrons. The number of nitrogens with two attached hydrogens (primary N) is 1. The molecular weight excluding hydrogens is 298 g/mol. The fraction of sp³-hybridized carbons (Fsp3) is 0.235. The van der Waals surface area contributed by atoms with Crippen LogP contribution in [0, 0.1) is 0 Å². The summed E-state index contributed by atoms with van der Waals surface area (Å²) in [4.78, 5) is 14.4. The van der Waals surface area contributed by atoms with Gasteiger partial charge in [-0.1, -0.05) is 11.6 Å². The minimum atomic E-state index is -0.209. The van der Waals surface area contributed by atoms with Crippen LogP contribution in [0.25, 0.3) is 0 Å². The van der Waals surface area contributed by atoms with Crippen LogP contribution >= 0.6 is 11.6 Å². The van der Waals surface area contributed by atoms with Gasteiger partial charge in [-0.2, -0.15) is 0 Å². The first-order valence-corrected chi connectivity index (χ1v) is 7.64. The van der Waals surface area contributed by atoms with Crippen molar-refractivity contribution in [1.29, 1.82) is 0 Å². The van der Waals surface area contributed by atoms with Crippen molar-refractivity contribution >= 4 is 34.6 Å². The molecule has 0 bridgehead atoms. The number of carbonyl (C=O) groups is 1. The molecule has 2 aromatic rings. The van der Waals surface area contributed by atoms with E-state index in [1.807, 2.05) is 24.3 Å². The van der Waals surface area contributed by atoms with Crippen molar-refractivity contribution in [2.75, 3.05) is 29.0 Å². The lowest BCUT2D eigenvalue weighted by Gasteiger charge is -2.21. The van der Waals surface area contributed by atoms with Gasteiger partial charge >= 0.3 is 0 Å². The summed E-state index contributed by atoms with van der Waals surface area (Å²) < 4.78 is 0. The second kappa shape index (κ2) is 7.18. The topological polar surface area (TPSA) is 58.4 Å². The number of carbonyl (C=O) groups excluding carboxylic acids is 1. The molecule has 0 aliphatic carbocycles. The fourth-order valence-corrected chi connectivity index (χ4v) is 2.35. The molecule has 0 aromatic heterocycles. The maximum absolute atomic E-state index is 12.2. The van der Waals surface area contributed by atoms with Crippen LogP contribution in [-0.2, 0) is 0 Å². The predicted molar refractivity (Wildman–Crippen MR) is 93.8 cm³/mol. The number of benzene rings is 2. The van der Waals surface area contributed by atoms with Crippen LogP contribution < -0.4 is 16.0 Å². The molecule has 2 aromatic carbocycles. The van der Waals surface area contributed by atoms with Crippen LogP contribution in [0.5, 0.6) is 0 Å². The SMILES string of the molecule is CCN(CC)c1ccc(NC(=O)c2ccc(Cl)c(N)c2)cc1. The molecule has 0 aliphatic rings. The Hall–Kier alpha value is -2.20. The zero-order valence-electron chi connectivity index (χ0n) is 12.8. The van der Waals surface area contributed by atoms with E-state index in [1.54, 1.807) is 18.2 Å². The van der Waals surface area contributed by atoms with Gasteiger partial charge in [0.05, 0.1) is 10.7 Å². The molecule has 0 atom stereocenters. The Morgan fingerprint density at radius 1 is 1.14 bits per heavy atom. The maximum Gasteiger partial charge on any atom is 0.255 e. The summed E-state index contributed by atoms with van der Waals surface area (Å²) in [6, 6.07) is 12.6. The Labute approximate surface area is 135 Å². The highest BCUT2D eigenvalue weighted by Crippen LogP contribution is 2.21. The predicted octanol–water partition coefficient (Wildman–Crippen LogP) is 4.02. The number of nitrogen functional groups attached to an aromatic ring is 1. The minimum absolute atomic E-state index is 0.209. The van der Waals surface area contributed by atoms with Crippen LogP contribution in [0.15, 0.2) is 42.5 Å². The number of amides is 1. The van der Waals surface area contributed by atoms with Crippen LogP contribution in [0.1, 0.15) is 24.2 Å². The number of hydrogen-bond acceptors (Lipinski definition) is 3. The van der Waals surface area contributed by atoms with Crippen molar-refractivity contribution in [2.45, 2.75) is 13.8 Å².